The molecule has 0 bridgehead atoms. The van der Waals surface area contributed by atoms with Gasteiger partial charge in [0.1, 0.15) is 29.1 Å². The quantitative estimate of drug-likeness (QED) is 0.447. The Morgan fingerprint density at radius 3 is 2.38 bits per heavy atom. The summed E-state index contributed by atoms with van der Waals surface area (Å²) in [7, 11) is 1.54. The minimum atomic E-state index is -0.882. The van der Waals surface area contributed by atoms with Crippen LogP contribution < -0.4 is 20.1 Å². The van der Waals surface area contributed by atoms with Crippen molar-refractivity contribution in [3.8, 4) is 17.2 Å². The van der Waals surface area contributed by atoms with Gasteiger partial charge in [-0.2, -0.15) is 0 Å². The lowest BCUT2D eigenvalue weighted by Crippen LogP contribution is -2.48. The maximum absolute atomic E-state index is 12.7. The van der Waals surface area contributed by atoms with Gasteiger partial charge in [0.15, 0.2) is 0 Å². The van der Waals surface area contributed by atoms with Crippen LogP contribution in [-0.4, -0.2) is 39.5 Å². The van der Waals surface area contributed by atoms with Crippen molar-refractivity contribution >= 4 is 11.8 Å². The van der Waals surface area contributed by atoms with Gasteiger partial charge in [0.25, 0.3) is 5.91 Å². The zero-order chi connectivity index (χ0) is 24.1. The molecule has 1 heterocycles. The molecular formula is C25H26N4O5. The summed E-state index contributed by atoms with van der Waals surface area (Å²) in [4.78, 5) is 32.7. The number of rotatable bonds is 9. The number of nitrogens with zero attached hydrogens (tertiary/aromatic N) is 2. The van der Waals surface area contributed by atoms with Crippen LogP contribution in [0, 0.1) is 0 Å². The lowest BCUT2D eigenvalue weighted by atomic mass is 10.1. The molecule has 0 spiro atoms. The highest BCUT2D eigenvalue weighted by molar-refractivity contribution is 6.00. The normalized spacial score (nSPS) is 14.6. The first-order valence-electron chi connectivity index (χ1n) is 10.9. The Labute approximate surface area is 197 Å². The highest BCUT2D eigenvalue weighted by Gasteiger charge is 2.51. The van der Waals surface area contributed by atoms with Crippen LogP contribution in [-0.2, 0) is 11.3 Å². The van der Waals surface area contributed by atoms with Gasteiger partial charge in [-0.05, 0) is 49.6 Å². The Morgan fingerprint density at radius 2 is 1.76 bits per heavy atom. The summed E-state index contributed by atoms with van der Waals surface area (Å²) in [6, 6.07) is 12.6. The van der Waals surface area contributed by atoms with E-state index in [-0.39, 0.29) is 11.8 Å². The second kappa shape index (κ2) is 9.88. The molecule has 3 N–H and O–H groups in total. The van der Waals surface area contributed by atoms with Crippen molar-refractivity contribution < 1.29 is 24.2 Å². The Kier molecular flexibility index (Phi) is 6.74. The van der Waals surface area contributed by atoms with Gasteiger partial charge in [-0.1, -0.05) is 12.1 Å². The standard InChI is InChI=1S/C25H26N4O5/c1-16(30)21-8-7-20(11-22(21)33-2)34-19-5-3-17(4-6-19)12-28-24(32)25(9-10-25)29-23(31)18-13-26-15-27-14-18/h3-8,11,13-16,30H,9-10,12H2,1-2H3,(H,28,32)(H,29,31). The molecule has 1 aliphatic carbocycles. The second-order valence-corrected chi connectivity index (χ2v) is 8.17. The first-order chi connectivity index (χ1) is 16.4. The molecular weight excluding hydrogens is 436 g/mol. The number of methoxy groups -OCH3 is 1. The second-order valence-electron chi connectivity index (χ2n) is 8.17. The fourth-order valence-electron chi connectivity index (χ4n) is 3.50. The van der Waals surface area contributed by atoms with Crippen molar-refractivity contribution in [2.75, 3.05) is 7.11 Å². The molecule has 1 atom stereocenters. The van der Waals surface area contributed by atoms with Gasteiger partial charge in [-0.15, -0.1) is 0 Å². The number of carbonyl (C=O) groups excluding carboxylic acids is 2. The number of amides is 2. The van der Waals surface area contributed by atoms with Crippen molar-refractivity contribution in [2.45, 2.75) is 38.0 Å². The van der Waals surface area contributed by atoms with E-state index in [2.05, 4.69) is 20.6 Å². The summed E-state index contributed by atoms with van der Waals surface area (Å²) < 4.78 is 11.2. The lowest BCUT2D eigenvalue weighted by molar-refractivity contribution is -0.124. The summed E-state index contributed by atoms with van der Waals surface area (Å²) in [5.74, 6) is 1.17. The SMILES string of the molecule is COc1cc(Oc2ccc(CNC(=O)C3(NC(=O)c4cncnc4)CC3)cc2)ccc1C(C)O. The number of hydrogen-bond donors (Lipinski definition) is 3. The molecule has 1 saturated carbocycles. The molecule has 2 amide bonds. The van der Waals surface area contributed by atoms with Crippen molar-refractivity contribution in [1.82, 2.24) is 20.6 Å². The molecule has 34 heavy (non-hydrogen) atoms. The van der Waals surface area contributed by atoms with Crippen molar-refractivity contribution in [3.63, 3.8) is 0 Å². The third-order valence-electron chi connectivity index (χ3n) is 5.63. The van der Waals surface area contributed by atoms with Crippen molar-refractivity contribution in [1.29, 1.82) is 0 Å². The summed E-state index contributed by atoms with van der Waals surface area (Å²) in [6.07, 6.45) is 4.70. The number of hydrogen-bond acceptors (Lipinski definition) is 7. The number of aliphatic hydroxyl groups excluding tert-OH is 1. The third kappa shape index (κ3) is 5.32. The van der Waals surface area contributed by atoms with E-state index in [1.807, 2.05) is 12.1 Å². The van der Waals surface area contributed by atoms with Gasteiger partial charge >= 0.3 is 0 Å². The summed E-state index contributed by atoms with van der Waals surface area (Å²) in [5.41, 5.74) is 1.01. The molecule has 176 valence electrons. The highest BCUT2D eigenvalue weighted by atomic mass is 16.5. The van der Waals surface area contributed by atoms with E-state index in [9.17, 15) is 14.7 Å². The maximum Gasteiger partial charge on any atom is 0.255 e. The number of carbonyl (C=O) groups is 2. The monoisotopic (exact) mass is 462 g/mol. The maximum atomic E-state index is 12.7. The van der Waals surface area contributed by atoms with Crippen molar-refractivity contribution in [3.05, 3.63) is 77.9 Å². The van der Waals surface area contributed by atoms with Crippen LogP contribution >= 0.6 is 0 Å². The number of benzene rings is 2. The fourth-order valence-corrected chi connectivity index (χ4v) is 3.50. The van der Waals surface area contributed by atoms with Crippen LogP contribution in [0.25, 0.3) is 0 Å². The summed E-state index contributed by atoms with van der Waals surface area (Å²) >= 11 is 0. The number of aromatic nitrogens is 2. The smallest absolute Gasteiger partial charge is 0.255 e. The molecule has 9 nitrogen and oxygen atoms in total. The highest BCUT2D eigenvalue weighted by Crippen LogP contribution is 2.36. The van der Waals surface area contributed by atoms with Crippen LogP contribution in [0.4, 0.5) is 0 Å². The van der Waals surface area contributed by atoms with E-state index in [1.54, 1.807) is 44.4 Å². The molecule has 9 heteroatoms. The average molecular weight is 463 g/mol. The van der Waals surface area contributed by atoms with Crippen LogP contribution in [0.5, 0.6) is 17.2 Å². The van der Waals surface area contributed by atoms with Crippen LogP contribution in [0.2, 0.25) is 0 Å². The molecule has 1 unspecified atom stereocenters. The zero-order valence-corrected chi connectivity index (χ0v) is 18.9. The molecule has 2 aromatic carbocycles. The molecule has 1 aliphatic rings. The summed E-state index contributed by atoms with van der Waals surface area (Å²) in [6.45, 7) is 2.00. The molecule has 0 saturated heterocycles. The number of aliphatic hydroxyl groups is 1. The van der Waals surface area contributed by atoms with Gasteiger partial charge in [-0.25, -0.2) is 9.97 Å². The minimum Gasteiger partial charge on any atom is -0.496 e. The molecule has 3 aromatic rings. The van der Waals surface area contributed by atoms with E-state index >= 15 is 0 Å². The fraction of sp³-hybridized carbons (Fsp3) is 0.280. The predicted octanol–water partition coefficient (Wildman–Crippen LogP) is 2.91. The van der Waals surface area contributed by atoms with E-state index in [1.165, 1.54) is 18.7 Å². The zero-order valence-electron chi connectivity index (χ0n) is 18.9. The lowest BCUT2D eigenvalue weighted by Gasteiger charge is -2.17. The minimum absolute atomic E-state index is 0.219. The van der Waals surface area contributed by atoms with E-state index in [0.29, 0.717) is 47.8 Å². The molecule has 1 fully saturated rings. The van der Waals surface area contributed by atoms with Gasteiger partial charge < -0.3 is 25.2 Å². The first-order valence-corrected chi connectivity index (χ1v) is 10.9. The molecule has 4 rings (SSSR count). The van der Waals surface area contributed by atoms with E-state index in [4.69, 9.17) is 9.47 Å². The largest absolute Gasteiger partial charge is 0.496 e. The van der Waals surface area contributed by atoms with Crippen LogP contribution in [0.3, 0.4) is 0 Å². The third-order valence-corrected chi connectivity index (χ3v) is 5.63. The Morgan fingerprint density at radius 1 is 1.09 bits per heavy atom. The molecule has 0 aliphatic heterocycles. The number of nitrogens with one attached hydrogen (secondary N) is 2. The molecule has 0 radical (unpaired) electrons. The van der Waals surface area contributed by atoms with Gasteiger partial charge in [0.2, 0.25) is 5.91 Å². The van der Waals surface area contributed by atoms with E-state index < -0.39 is 11.6 Å². The van der Waals surface area contributed by atoms with Gasteiger partial charge in [-0.3, -0.25) is 9.59 Å². The van der Waals surface area contributed by atoms with Gasteiger partial charge in [0.05, 0.1) is 18.8 Å². The van der Waals surface area contributed by atoms with Gasteiger partial charge in [0, 0.05) is 30.6 Å². The molecule has 1 aromatic heterocycles. The van der Waals surface area contributed by atoms with Crippen LogP contribution in [0.15, 0.2) is 61.2 Å². The van der Waals surface area contributed by atoms with E-state index in [0.717, 1.165) is 5.56 Å². The number of ether oxygens (including phenoxy) is 2. The predicted molar refractivity (Wildman–Crippen MR) is 123 cm³/mol. The van der Waals surface area contributed by atoms with Crippen LogP contribution in [0.1, 0.15) is 47.4 Å². The summed E-state index contributed by atoms with van der Waals surface area (Å²) in [5, 5.41) is 15.5. The topological polar surface area (TPSA) is 123 Å². The Balaban J connectivity index is 1.32. The average Bonchev–Trinajstić information content (AvgIpc) is 3.64. The Hall–Kier alpha value is -3.98. The van der Waals surface area contributed by atoms with Crippen molar-refractivity contribution in [2.24, 2.45) is 0 Å². The first kappa shape index (κ1) is 23.2. The Bertz CT molecular complexity index is 1160.